The molecule has 1 heterocycles. The van der Waals surface area contributed by atoms with Crippen LogP contribution in [0.15, 0.2) is 12.7 Å². The van der Waals surface area contributed by atoms with Crippen molar-refractivity contribution < 1.29 is 4.55 Å². The van der Waals surface area contributed by atoms with Gasteiger partial charge in [-0.3, -0.25) is 4.90 Å². The Morgan fingerprint density at radius 1 is 1.50 bits per heavy atom. The van der Waals surface area contributed by atoms with Gasteiger partial charge in [-0.15, -0.1) is 6.58 Å². The lowest BCUT2D eigenvalue weighted by Crippen LogP contribution is -2.40. The average molecular weight is 159 g/mol. The maximum absolute atomic E-state index is 10.9. The summed E-state index contributed by atoms with van der Waals surface area (Å²) in [6.07, 6.45) is 1.90. The molecule has 1 saturated heterocycles. The highest BCUT2D eigenvalue weighted by Crippen LogP contribution is 2.02. The van der Waals surface area contributed by atoms with Gasteiger partial charge in [0.05, 0.1) is 0 Å². The van der Waals surface area contributed by atoms with Gasteiger partial charge >= 0.3 is 0 Å². The fourth-order valence-electron chi connectivity index (χ4n) is 1.04. The van der Waals surface area contributed by atoms with Crippen molar-refractivity contribution in [1.82, 2.24) is 4.90 Å². The Bertz CT molecular complexity index is 110. The molecule has 58 valence electrons. The first-order valence-corrected chi connectivity index (χ1v) is 5.00. The van der Waals surface area contributed by atoms with Crippen LogP contribution in [0.25, 0.3) is 0 Å². The largest absolute Gasteiger partial charge is 0.616 e. The Morgan fingerprint density at radius 3 is 2.60 bits per heavy atom. The summed E-state index contributed by atoms with van der Waals surface area (Å²) in [5.41, 5.74) is 0. The molecule has 2 nitrogen and oxygen atoms in total. The highest BCUT2D eigenvalue weighted by molar-refractivity contribution is 7.91. The van der Waals surface area contributed by atoms with Gasteiger partial charge in [0.15, 0.2) is 0 Å². The van der Waals surface area contributed by atoms with Gasteiger partial charge in [0.25, 0.3) is 0 Å². The van der Waals surface area contributed by atoms with Crippen LogP contribution in [0.3, 0.4) is 0 Å². The maximum atomic E-state index is 10.9. The van der Waals surface area contributed by atoms with Crippen LogP contribution in [0.1, 0.15) is 0 Å². The quantitative estimate of drug-likeness (QED) is 0.426. The average Bonchev–Trinajstić information content (AvgIpc) is 1.95. The van der Waals surface area contributed by atoms with Gasteiger partial charge in [-0.05, 0) is 0 Å². The number of hydrogen-bond donors (Lipinski definition) is 0. The minimum absolute atomic E-state index is 0.540. The first-order valence-electron chi connectivity index (χ1n) is 3.51. The van der Waals surface area contributed by atoms with Crippen molar-refractivity contribution >= 4 is 11.2 Å². The third-order valence-electron chi connectivity index (χ3n) is 1.66. The van der Waals surface area contributed by atoms with Crippen LogP contribution in [0, 0.1) is 0 Å². The van der Waals surface area contributed by atoms with Crippen LogP contribution >= 0.6 is 0 Å². The molecule has 1 rings (SSSR count). The van der Waals surface area contributed by atoms with Crippen molar-refractivity contribution in [2.45, 2.75) is 0 Å². The molecular weight excluding hydrogens is 146 g/mol. The standard InChI is InChI=1S/C7H13NOS/c1-2-3-8-4-6-10(9)7-5-8/h2H,1,3-7H2. The summed E-state index contributed by atoms with van der Waals surface area (Å²) in [5, 5.41) is 0. The number of nitrogens with zero attached hydrogens (tertiary/aromatic N) is 1. The van der Waals surface area contributed by atoms with E-state index in [9.17, 15) is 4.55 Å². The summed E-state index contributed by atoms with van der Waals surface area (Å²) in [6.45, 7) is 6.54. The molecule has 10 heavy (non-hydrogen) atoms. The van der Waals surface area contributed by atoms with Gasteiger partial charge in [-0.1, -0.05) is 17.3 Å². The second-order valence-electron chi connectivity index (χ2n) is 2.44. The predicted octanol–water partition coefficient (Wildman–Crippen LogP) is 0.237. The molecule has 0 N–H and O–H groups in total. The summed E-state index contributed by atoms with van der Waals surface area (Å²) in [5.74, 6) is 1.68. The molecule has 0 radical (unpaired) electrons. The minimum atomic E-state index is -0.540. The summed E-state index contributed by atoms with van der Waals surface area (Å²) in [7, 11) is 0. The Hall–Kier alpha value is 0.01000. The predicted molar refractivity (Wildman–Crippen MR) is 44.5 cm³/mol. The maximum Gasteiger partial charge on any atom is 0.118 e. The first-order chi connectivity index (χ1) is 4.83. The zero-order valence-electron chi connectivity index (χ0n) is 6.08. The Labute approximate surface area is 65.1 Å². The molecule has 1 aliphatic rings. The zero-order chi connectivity index (χ0) is 7.40. The van der Waals surface area contributed by atoms with Gasteiger partial charge in [0, 0.05) is 19.6 Å². The molecule has 0 atom stereocenters. The van der Waals surface area contributed by atoms with Crippen LogP contribution in [-0.2, 0) is 11.2 Å². The lowest BCUT2D eigenvalue weighted by Gasteiger charge is -2.26. The molecule has 0 saturated carbocycles. The molecule has 1 aliphatic heterocycles. The van der Waals surface area contributed by atoms with Crippen LogP contribution in [-0.4, -0.2) is 40.6 Å². The van der Waals surface area contributed by atoms with Crippen molar-refractivity contribution in [3.63, 3.8) is 0 Å². The van der Waals surface area contributed by atoms with Gasteiger partial charge in [0.1, 0.15) is 11.5 Å². The van der Waals surface area contributed by atoms with E-state index in [1.807, 2.05) is 6.08 Å². The van der Waals surface area contributed by atoms with Gasteiger partial charge in [-0.25, -0.2) is 0 Å². The van der Waals surface area contributed by atoms with E-state index in [2.05, 4.69) is 11.5 Å². The van der Waals surface area contributed by atoms with Crippen molar-refractivity contribution in [1.29, 1.82) is 0 Å². The van der Waals surface area contributed by atoms with E-state index in [-0.39, 0.29) is 0 Å². The molecular formula is C7H13NOS. The number of rotatable bonds is 2. The van der Waals surface area contributed by atoms with E-state index < -0.39 is 11.2 Å². The second-order valence-corrected chi connectivity index (χ2v) is 4.13. The van der Waals surface area contributed by atoms with E-state index in [0.29, 0.717) is 0 Å². The molecule has 0 amide bonds. The summed E-state index contributed by atoms with van der Waals surface area (Å²) < 4.78 is 10.9. The van der Waals surface area contributed by atoms with E-state index in [1.54, 1.807) is 0 Å². The fraction of sp³-hybridized carbons (Fsp3) is 0.714. The zero-order valence-corrected chi connectivity index (χ0v) is 6.90. The third kappa shape index (κ3) is 2.33. The lowest BCUT2D eigenvalue weighted by molar-refractivity contribution is 0.327. The Balaban J connectivity index is 2.19. The molecule has 0 aromatic rings. The monoisotopic (exact) mass is 159 g/mol. The van der Waals surface area contributed by atoms with Crippen molar-refractivity contribution in [3.8, 4) is 0 Å². The molecule has 1 fully saturated rings. The van der Waals surface area contributed by atoms with Crippen molar-refractivity contribution in [2.24, 2.45) is 0 Å². The molecule has 0 bridgehead atoms. The SMILES string of the molecule is C=CCN1CC[S+]([O-])CC1. The highest BCUT2D eigenvalue weighted by Gasteiger charge is 2.17. The minimum Gasteiger partial charge on any atom is -0.616 e. The van der Waals surface area contributed by atoms with Crippen molar-refractivity contribution in [3.05, 3.63) is 12.7 Å². The van der Waals surface area contributed by atoms with E-state index in [4.69, 9.17) is 0 Å². The topological polar surface area (TPSA) is 26.3 Å². The van der Waals surface area contributed by atoms with Crippen LogP contribution in [0.5, 0.6) is 0 Å². The van der Waals surface area contributed by atoms with E-state index in [0.717, 1.165) is 31.1 Å². The van der Waals surface area contributed by atoms with E-state index in [1.165, 1.54) is 0 Å². The second kappa shape index (κ2) is 4.01. The summed E-state index contributed by atoms with van der Waals surface area (Å²) in [4.78, 5) is 2.27. The molecule has 0 unspecified atom stereocenters. The molecule has 0 aromatic carbocycles. The smallest absolute Gasteiger partial charge is 0.118 e. The van der Waals surface area contributed by atoms with Crippen LogP contribution < -0.4 is 0 Å². The normalized spacial score (nSPS) is 22.9. The molecule has 3 heteroatoms. The van der Waals surface area contributed by atoms with Crippen LogP contribution in [0.4, 0.5) is 0 Å². The van der Waals surface area contributed by atoms with Gasteiger partial charge in [-0.2, -0.15) is 0 Å². The highest BCUT2D eigenvalue weighted by atomic mass is 32.2. The molecule has 0 aliphatic carbocycles. The molecule has 0 aromatic heterocycles. The summed E-state index contributed by atoms with van der Waals surface area (Å²) in [6, 6.07) is 0. The summed E-state index contributed by atoms with van der Waals surface area (Å²) >= 11 is -0.540. The fourth-order valence-corrected chi connectivity index (χ4v) is 2.17. The lowest BCUT2D eigenvalue weighted by atomic mass is 10.4. The van der Waals surface area contributed by atoms with E-state index >= 15 is 0 Å². The Kier molecular flexibility index (Phi) is 3.25. The Morgan fingerprint density at radius 2 is 2.10 bits per heavy atom. The van der Waals surface area contributed by atoms with Gasteiger partial charge < -0.3 is 4.55 Å². The van der Waals surface area contributed by atoms with Crippen LogP contribution in [0.2, 0.25) is 0 Å². The third-order valence-corrected chi connectivity index (χ3v) is 2.93. The molecule has 0 spiro atoms. The number of hydrogen-bond acceptors (Lipinski definition) is 2. The van der Waals surface area contributed by atoms with Crippen molar-refractivity contribution in [2.75, 3.05) is 31.1 Å². The first kappa shape index (κ1) is 8.11. The van der Waals surface area contributed by atoms with Gasteiger partial charge in [0.2, 0.25) is 0 Å².